The Hall–Kier alpha value is -0.130. The highest BCUT2D eigenvalue weighted by Crippen LogP contribution is 2.27. The second kappa shape index (κ2) is 5.67. The highest BCUT2D eigenvalue weighted by atomic mass is 32.2. The first-order valence-corrected chi connectivity index (χ1v) is 8.59. The topological polar surface area (TPSA) is 49.4 Å². The molecule has 0 amide bonds. The molecule has 0 spiro atoms. The summed E-state index contributed by atoms with van der Waals surface area (Å²) < 4.78 is 23.2. The van der Waals surface area contributed by atoms with E-state index in [4.69, 9.17) is 0 Å². The molecule has 0 saturated carbocycles. The van der Waals surface area contributed by atoms with Crippen molar-refractivity contribution in [3.63, 3.8) is 0 Å². The van der Waals surface area contributed by atoms with Crippen LogP contribution in [-0.2, 0) is 9.84 Å². The molecule has 0 radical (unpaired) electrons. The molecular formula is C12H24N2O2S. The van der Waals surface area contributed by atoms with Crippen molar-refractivity contribution < 1.29 is 8.42 Å². The van der Waals surface area contributed by atoms with Crippen LogP contribution in [0.25, 0.3) is 0 Å². The van der Waals surface area contributed by atoms with E-state index in [2.05, 4.69) is 10.2 Å². The minimum Gasteiger partial charge on any atom is -0.311 e. The molecule has 1 atom stereocenters. The maximum atomic E-state index is 11.6. The molecule has 3 heterocycles. The average molecular weight is 260 g/mol. The zero-order valence-electron chi connectivity index (χ0n) is 10.7. The Kier molecular flexibility index (Phi) is 4.44. The maximum Gasteiger partial charge on any atom is 0.151 e. The quantitative estimate of drug-likeness (QED) is 0.755. The minimum atomic E-state index is -2.82. The molecule has 5 heteroatoms. The normalized spacial score (nSPS) is 32.9. The van der Waals surface area contributed by atoms with Crippen LogP contribution in [-0.4, -0.2) is 57.0 Å². The van der Waals surface area contributed by atoms with Gasteiger partial charge in [0.1, 0.15) is 0 Å². The fraction of sp³-hybridized carbons (Fsp3) is 1.00. The van der Waals surface area contributed by atoms with E-state index in [1.165, 1.54) is 25.9 Å². The minimum absolute atomic E-state index is 0.296. The monoisotopic (exact) mass is 260 g/mol. The first-order chi connectivity index (χ1) is 8.11. The van der Waals surface area contributed by atoms with Crippen LogP contribution in [0.3, 0.4) is 0 Å². The molecule has 3 fully saturated rings. The van der Waals surface area contributed by atoms with Crippen LogP contribution in [0.15, 0.2) is 0 Å². The van der Waals surface area contributed by atoms with Crippen LogP contribution in [0.4, 0.5) is 0 Å². The van der Waals surface area contributed by atoms with Gasteiger partial charge in [-0.3, -0.25) is 0 Å². The summed E-state index contributed by atoms with van der Waals surface area (Å²) in [4.78, 5) is 2.48. The molecule has 0 aliphatic carbocycles. The predicted octanol–water partition coefficient (Wildman–Crippen LogP) is 0.495. The van der Waals surface area contributed by atoms with Crippen molar-refractivity contribution >= 4 is 9.84 Å². The van der Waals surface area contributed by atoms with Crippen LogP contribution < -0.4 is 5.32 Å². The van der Waals surface area contributed by atoms with Crippen LogP contribution in [0, 0.1) is 5.92 Å². The fourth-order valence-corrected chi connectivity index (χ4v) is 4.26. The van der Waals surface area contributed by atoms with Gasteiger partial charge in [0, 0.05) is 24.9 Å². The molecular weight excluding hydrogens is 236 g/mol. The van der Waals surface area contributed by atoms with Gasteiger partial charge in [0.15, 0.2) is 9.84 Å². The van der Waals surface area contributed by atoms with Gasteiger partial charge in [-0.2, -0.15) is 0 Å². The lowest BCUT2D eigenvalue weighted by Crippen LogP contribution is -2.56. The summed E-state index contributed by atoms with van der Waals surface area (Å²) in [6.45, 7) is 6.11. The Morgan fingerprint density at radius 2 is 1.94 bits per heavy atom. The number of nitrogens with one attached hydrogen (secondary N) is 1. The lowest BCUT2D eigenvalue weighted by molar-refractivity contribution is 0.0738. The van der Waals surface area contributed by atoms with Crippen molar-refractivity contribution in [3.05, 3.63) is 0 Å². The van der Waals surface area contributed by atoms with E-state index >= 15 is 0 Å². The van der Waals surface area contributed by atoms with Crippen LogP contribution in [0.1, 0.15) is 26.2 Å². The van der Waals surface area contributed by atoms with E-state index in [1.54, 1.807) is 0 Å². The summed E-state index contributed by atoms with van der Waals surface area (Å²) in [5, 5.41) is 3.45. The second-order valence-electron chi connectivity index (χ2n) is 5.35. The van der Waals surface area contributed by atoms with Gasteiger partial charge < -0.3 is 10.2 Å². The molecule has 2 bridgehead atoms. The van der Waals surface area contributed by atoms with E-state index in [0.29, 0.717) is 24.1 Å². The number of rotatable bonds is 6. The van der Waals surface area contributed by atoms with Crippen molar-refractivity contribution in [2.45, 2.75) is 32.2 Å². The van der Waals surface area contributed by atoms with E-state index in [9.17, 15) is 8.42 Å². The van der Waals surface area contributed by atoms with Gasteiger partial charge in [-0.25, -0.2) is 8.42 Å². The zero-order chi connectivity index (χ0) is 12.3. The maximum absolute atomic E-state index is 11.6. The molecule has 100 valence electrons. The largest absolute Gasteiger partial charge is 0.311 e. The van der Waals surface area contributed by atoms with E-state index in [-0.39, 0.29) is 0 Å². The molecule has 0 aromatic rings. The first-order valence-electron chi connectivity index (χ1n) is 6.77. The Morgan fingerprint density at radius 3 is 2.47 bits per heavy atom. The van der Waals surface area contributed by atoms with E-state index < -0.39 is 9.84 Å². The van der Waals surface area contributed by atoms with Gasteiger partial charge in [0.05, 0.1) is 5.75 Å². The highest BCUT2D eigenvalue weighted by molar-refractivity contribution is 7.91. The third-order valence-electron chi connectivity index (χ3n) is 3.99. The molecule has 3 aliphatic rings. The molecule has 1 N–H and O–H groups in total. The Labute approximate surface area is 105 Å². The molecule has 0 aromatic carbocycles. The summed E-state index contributed by atoms with van der Waals surface area (Å²) >= 11 is 0. The number of hydrogen-bond donors (Lipinski definition) is 1. The molecule has 0 aromatic heterocycles. The standard InChI is InChI=1S/C12H24N2O2S/c1-2-8-17(15,16)9-5-13-12-10-14-6-3-11(12)4-7-14/h11-13H,2-10H2,1H3. The molecule has 3 rings (SSSR count). The summed E-state index contributed by atoms with van der Waals surface area (Å²) in [6.07, 6.45) is 3.28. The summed E-state index contributed by atoms with van der Waals surface area (Å²) in [5.41, 5.74) is 0. The van der Waals surface area contributed by atoms with Crippen molar-refractivity contribution in [3.8, 4) is 0 Å². The van der Waals surface area contributed by atoms with Crippen molar-refractivity contribution in [1.29, 1.82) is 0 Å². The molecule has 4 nitrogen and oxygen atoms in total. The molecule has 3 aliphatic heterocycles. The lowest BCUT2D eigenvalue weighted by atomic mass is 9.84. The first kappa shape index (κ1) is 13.3. The molecule has 3 saturated heterocycles. The average Bonchev–Trinajstić information content (AvgIpc) is 2.30. The van der Waals surface area contributed by atoms with Crippen molar-refractivity contribution in [2.24, 2.45) is 5.92 Å². The predicted molar refractivity (Wildman–Crippen MR) is 69.9 cm³/mol. The summed E-state index contributed by atoms with van der Waals surface area (Å²) in [6, 6.07) is 0.523. The number of fused-ring (bicyclic) bond motifs is 3. The van der Waals surface area contributed by atoms with Crippen LogP contribution >= 0.6 is 0 Å². The highest BCUT2D eigenvalue weighted by Gasteiger charge is 2.33. The lowest BCUT2D eigenvalue weighted by Gasteiger charge is -2.45. The third-order valence-corrected chi connectivity index (χ3v) is 5.85. The number of nitrogens with zero attached hydrogens (tertiary/aromatic N) is 1. The van der Waals surface area contributed by atoms with E-state index in [1.807, 2.05) is 6.92 Å². The van der Waals surface area contributed by atoms with Gasteiger partial charge >= 0.3 is 0 Å². The third kappa shape index (κ3) is 3.66. The van der Waals surface area contributed by atoms with Gasteiger partial charge in [-0.1, -0.05) is 6.92 Å². The molecule has 1 unspecified atom stereocenters. The molecule has 17 heavy (non-hydrogen) atoms. The van der Waals surface area contributed by atoms with Crippen molar-refractivity contribution in [2.75, 3.05) is 37.7 Å². The zero-order valence-corrected chi connectivity index (χ0v) is 11.5. The van der Waals surface area contributed by atoms with Gasteiger partial charge in [-0.15, -0.1) is 0 Å². The second-order valence-corrected chi connectivity index (χ2v) is 7.65. The van der Waals surface area contributed by atoms with Crippen LogP contribution in [0.2, 0.25) is 0 Å². The van der Waals surface area contributed by atoms with E-state index in [0.717, 1.165) is 18.9 Å². The van der Waals surface area contributed by atoms with Gasteiger partial charge in [-0.05, 0) is 38.3 Å². The number of sulfone groups is 1. The Bertz CT molecular complexity index is 334. The van der Waals surface area contributed by atoms with Gasteiger partial charge in [0.25, 0.3) is 0 Å². The van der Waals surface area contributed by atoms with Crippen LogP contribution in [0.5, 0.6) is 0 Å². The number of piperidine rings is 3. The smallest absolute Gasteiger partial charge is 0.151 e. The SMILES string of the molecule is CCCS(=O)(=O)CCNC1CN2CCC1CC2. The fourth-order valence-electron chi connectivity index (χ4n) is 3.01. The number of hydrogen-bond acceptors (Lipinski definition) is 4. The Balaban J connectivity index is 1.72. The summed E-state index contributed by atoms with van der Waals surface area (Å²) in [5.74, 6) is 1.40. The van der Waals surface area contributed by atoms with Gasteiger partial charge in [0.2, 0.25) is 0 Å². The van der Waals surface area contributed by atoms with Crippen molar-refractivity contribution in [1.82, 2.24) is 10.2 Å². The summed E-state index contributed by atoms with van der Waals surface area (Å²) in [7, 11) is -2.82. The Morgan fingerprint density at radius 1 is 1.24 bits per heavy atom.